The third-order valence-corrected chi connectivity index (χ3v) is 4.40. The van der Waals surface area contributed by atoms with Gasteiger partial charge in [0.1, 0.15) is 0 Å². The average molecular weight is 358 g/mol. The minimum Gasteiger partial charge on any atom is -0.335 e. The van der Waals surface area contributed by atoms with Gasteiger partial charge in [-0.1, -0.05) is 35.9 Å². The lowest BCUT2D eigenvalue weighted by Crippen LogP contribution is -2.50. The van der Waals surface area contributed by atoms with Gasteiger partial charge < -0.3 is 10.6 Å². The molecule has 0 aromatic heterocycles. The van der Waals surface area contributed by atoms with Gasteiger partial charge in [-0.25, -0.2) is 5.43 Å². The molecule has 8 nitrogen and oxygen atoms in total. The second-order valence-electron chi connectivity index (χ2n) is 5.62. The van der Waals surface area contributed by atoms with Crippen molar-refractivity contribution in [3.05, 3.63) is 80.7 Å². The van der Waals surface area contributed by atoms with Crippen LogP contribution in [0.5, 0.6) is 0 Å². The molecule has 1 atom stereocenters. The number of nitrogens with zero attached hydrogens (tertiary/aromatic N) is 1. The van der Waals surface area contributed by atoms with Gasteiger partial charge in [-0.2, -0.15) is 0 Å². The molecule has 4 rings (SSSR count). The SMILES string of the molecule is O=C1Nc2ccccc2C12NNC(Nc1cccc(Cl)c1)=C2[N+](=O)[O-]. The van der Waals surface area contributed by atoms with Crippen LogP contribution in [0.4, 0.5) is 11.4 Å². The fourth-order valence-corrected chi connectivity index (χ4v) is 3.30. The summed E-state index contributed by atoms with van der Waals surface area (Å²) < 4.78 is 0. The van der Waals surface area contributed by atoms with E-state index in [-0.39, 0.29) is 11.5 Å². The zero-order valence-corrected chi connectivity index (χ0v) is 13.4. The monoisotopic (exact) mass is 357 g/mol. The summed E-state index contributed by atoms with van der Waals surface area (Å²) in [6.07, 6.45) is 0. The highest BCUT2D eigenvalue weighted by molar-refractivity contribution is 6.30. The number of hydrazine groups is 1. The van der Waals surface area contributed by atoms with Crippen molar-refractivity contribution in [3.8, 4) is 0 Å². The van der Waals surface area contributed by atoms with Crippen LogP contribution in [-0.2, 0) is 10.3 Å². The number of para-hydroxylation sites is 1. The minimum atomic E-state index is -1.61. The Bertz CT molecular complexity index is 945. The zero-order chi connectivity index (χ0) is 17.6. The van der Waals surface area contributed by atoms with E-state index in [0.29, 0.717) is 22.0 Å². The van der Waals surface area contributed by atoms with Gasteiger partial charge in [-0.3, -0.25) is 20.3 Å². The Morgan fingerprint density at radius 1 is 1.16 bits per heavy atom. The number of hydrogen-bond acceptors (Lipinski definition) is 6. The summed E-state index contributed by atoms with van der Waals surface area (Å²) in [5.41, 5.74) is 5.17. The van der Waals surface area contributed by atoms with Crippen LogP contribution in [0.3, 0.4) is 0 Å². The molecule has 9 heteroatoms. The molecule has 0 fully saturated rings. The molecule has 0 saturated heterocycles. The fraction of sp³-hybridized carbons (Fsp3) is 0.0625. The number of nitrogens with one attached hydrogen (secondary N) is 4. The van der Waals surface area contributed by atoms with Crippen LogP contribution in [0, 0.1) is 10.1 Å². The smallest absolute Gasteiger partial charge is 0.323 e. The van der Waals surface area contributed by atoms with Crippen molar-refractivity contribution in [3.63, 3.8) is 0 Å². The van der Waals surface area contributed by atoms with Crippen LogP contribution in [0.1, 0.15) is 5.56 Å². The van der Waals surface area contributed by atoms with Gasteiger partial charge in [-0.05, 0) is 24.3 Å². The lowest BCUT2D eigenvalue weighted by Gasteiger charge is -2.18. The van der Waals surface area contributed by atoms with Gasteiger partial charge in [0, 0.05) is 22.0 Å². The average Bonchev–Trinajstić information content (AvgIpc) is 3.08. The molecular formula is C16H12ClN5O3. The van der Waals surface area contributed by atoms with Crippen molar-refractivity contribution in [2.24, 2.45) is 0 Å². The number of halogens is 1. The second kappa shape index (κ2) is 5.47. The lowest BCUT2D eigenvalue weighted by atomic mass is 9.89. The molecule has 2 heterocycles. The zero-order valence-electron chi connectivity index (χ0n) is 12.7. The van der Waals surface area contributed by atoms with E-state index >= 15 is 0 Å². The summed E-state index contributed by atoms with van der Waals surface area (Å²) in [6.45, 7) is 0. The molecular weight excluding hydrogens is 346 g/mol. The number of benzene rings is 2. The van der Waals surface area contributed by atoms with Crippen molar-refractivity contribution in [1.29, 1.82) is 0 Å². The topological polar surface area (TPSA) is 108 Å². The van der Waals surface area contributed by atoms with E-state index in [1.807, 2.05) is 0 Å². The predicted octanol–water partition coefficient (Wildman–Crippen LogP) is 2.15. The maximum absolute atomic E-state index is 12.6. The Morgan fingerprint density at radius 2 is 1.96 bits per heavy atom. The first-order valence-electron chi connectivity index (χ1n) is 7.38. The maximum Gasteiger partial charge on any atom is 0.323 e. The Morgan fingerprint density at radius 3 is 2.72 bits per heavy atom. The molecule has 1 unspecified atom stereocenters. The second-order valence-corrected chi connectivity index (χ2v) is 6.05. The van der Waals surface area contributed by atoms with E-state index in [1.54, 1.807) is 48.5 Å². The Balaban J connectivity index is 1.85. The van der Waals surface area contributed by atoms with E-state index in [1.165, 1.54) is 0 Å². The van der Waals surface area contributed by atoms with Crippen LogP contribution >= 0.6 is 11.6 Å². The maximum atomic E-state index is 12.6. The van der Waals surface area contributed by atoms with Crippen molar-refractivity contribution in [2.45, 2.75) is 5.54 Å². The van der Waals surface area contributed by atoms with Crippen LogP contribution in [0.25, 0.3) is 0 Å². The molecule has 1 spiro atoms. The first-order chi connectivity index (χ1) is 12.0. The van der Waals surface area contributed by atoms with Gasteiger partial charge in [0.2, 0.25) is 5.54 Å². The molecule has 2 aliphatic rings. The minimum absolute atomic E-state index is 0.0825. The molecule has 25 heavy (non-hydrogen) atoms. The number of hydrogen-bond donors (Lipinski definition) is 4. The van der Waals surface area contributed by atoms with E-state index in [2.05, 4.69) is 21.5 Å². The van der Waals surface area contributed by atoms with E-state index in [9.17, 15) is 14.9 Å². The molecule has 0 bridgehead atoms. The first-order valence-corrected chi connectivity index (χ1v) is 7.76. The fourth-order valence-electron chi connectivity index (χ4n) is 3.11. The molecule has 1 amide bonds. The third kappa shape index (κ3) is 2.23. The lowest BCUT2D eigenvalue weighted by molar-refractivity contribution is -0.434. The summed E-state index contributed by atoms with van der Waals surface area (Å²) in [7, 11) is 0. The van der Waals surface area contributed by atoms with Crippen LogP contribution < -0.4 is 21.5 Å². The number of anilines is 2. The molecule has 0 saturated carbocycles. The number of fused-ring (bicyclic) bond motifs is 2. The highest BCUT2D eigenvalue weighted by Crippen LogP contribution is 2.43. The summed E-state index contributed by atoms with van der Waals surface area (Å²) in [5.74, 6) is -0.435. The largest absolute Gasteiger partial charge is 0.335 e. The number of carbonyl (C=O) groups is 1. The number of nitro groups is 1. The number of rotatable bonds is 3. The number of amides is 1. The Hall–Kier alpha value is -3.10. The quantitative estimate of drug-likeness (QED) is 0.495. The summed E-state index contributed by atoms with van der Waals surface area (Å²) in [4.78, 5) is 23.9. The molecule has 0 aliphatic carbocycles. The highest BCUT2D eigenvalue weighted by atomic mass is 35.5. The van der Waals surface area contributed by atoms with Crippen molar-refractivity contribution in [1.82, 2.24) is 10.9 Å². The van der Waals surface area contributed by atoms with Gasteiger partial charge in [0.05, 0.1) is 4.92 Å². The van der Waals surface area contributed by atoms with Crippen LogP contribution in [-0.4, -0.2) is 10.8 Å². The number of carbonyl (C=O) groups excluding carboxylic acids is 1. The molecule has 2 aromatic carbocycles. The van der Waals surface area contributed by atoms with Crippen molar-refractivity contribution in [2.75, 3.05) is 10.6 Å². The van der Waals surface area contributed by atoms with Crippen molar-refractivity contribution < 1.29 is 9.72 Å². The van der Waals surface area contributed by atoms with E-state index < -0.39 is 16.4 Å². The molecule has 2 aliphatic heterocycles. The summed E-state index contributed by atoms with van der Waals surface area (Å²) in [6, 6.07) is 13.6. The van der Waals surface area contributed by atoms with Crippen LogP contribution in [0.15, 0.2) is 60.0 Å². The molecule has 126 valence electrons. The molecule has 4 N–H and O–H groups in total. The van der Waals surface area contributed by atoms with Gasteiger partial charge in [-0.15, -0.1) is 0 Å². The third-order valence-electron chi connectivity index (χ3n) is 4.16. The van der Waals surface area contributed by atoms with Crippen LogP contribution in [0.2, 0.25) is 5.02 Å². The first kappa shape index (κ1) is 15.4. The molecule has 2 aromatic rings. The van der Waals surface area contributed by atoms with Gasteiger partial charge in [0.15, 0.2) is 5.82 Å². The van der Waals surface area contributed by atoms with Gasteiger partial charge in [0.25, 0.3) is 5.91 Å². The Labute approximate surface area is 147 Å². The molecule has 0 radical (unpaired) electrons. The van der Waals surface area contributed by atoms with E-state index in [0.717, 1.165) is 0 Å². The highest BCUT2D eigenvalue weighted by Gasteiger charge is 2.61. The van der Waals surface area contributed by atoms with Gasteiger partial charge >= 0.3 is 5.70 Å². The van der Waals surface area contributed by atoms with Crippen molar-refractivity contribution >= 4 is 28.9 Å². The summed E-state index contributed by atoms with van der Waals surface area (Å²) >= 11 is 5.95. The Kier molecular flexibility index (Phi) is 3.38. The summed E-state index contributed by atoms with van der Waals surface area (Å²) in [5, 5.41) is 17.9. The standard InChI is InChI=1S/C16H12ClN5O3/c17-9-4-3-5-10(8-9)18-14-13(22(24)25)16(21-20-14)11-6-1-2-7-12(11)19-15(16)23/h1-8,18,20-21H,(H,19,23). The predicted molar refractivity (Wildman–Crippen MR) is 92.1 cm³/mol. The van der Waals surface area contributed by atoms with E-state index in [4.69, 9.17) is 11.6 Å². The normalized spacial score (nSPS) is 21.1.